The first-order valence-electron chi connectivity index (χ1n) is 7.50. The Balaban J connectivity index is 2.32. The Morgan fingerprint density at radius 1 is 1.45 bits per heavy atom. The molecule has 1 saturated heterocycles. The van der Waals surface area contributed by atoms with Gasteiger partial charge in [-0.25, -0.2) is 4.39 Å². The zero-order valence-corrected chi connectivity index (χ0v) is 12.4. The normalized spacial score (nSPS) is 21.7. The van der Waals surface area contributed by atoms with Crippen LogP contribution in [0, 0.1) is 5.82 Å². The number of likely N-dealkylation sites (N-methyl/N-ethyl adjacent to an activating group) is 1. The van der Waals surface area contributed by atoms with E-state index in [4.69, 9.17) is 10.5 Å². The summed E-state index contributed by atoms with van der Waals surface area (Å²) in [6, 6.07) is 5.13. The van der Waals surface area contributed by atoms with Crippen molar-refractivity contribution in [3.63, 3.8) is 0 Å². The zero-order valence-electron chi connectivity index (χ0n) is 12.4. The van der Waals surface area contributed by atoms with Gasteiger partial charge in [0.05, 0.1) is 6.61 Å². The van der Waals surface area contributed by atoms with Crippen LogP contribution < -0.4 is 10.5 Å². The van der Waals surface area contributed by atoms with E-state index >= 15 is 0 Å². The Morgan fingerprint density at radius 2 is 2.25 bits per heavy atom. The van der Waals surface area contributed by atoms with Crippen LogP contribution in [-0.4, -0.2) is 37.7 Å². The minimum absolute atomic E-state index is 0.123. The van der Waals surface area contributed by atoms with Gasteiger partial charge in [-0.15, -0.1) is 0 Å². The first-order valence-corrected chi connectivity index (χ1v) is 7.50. The van der Waals surface area contributed by atoms with Crippen molar-refractivity contribution >= 4 is 0 Å². The van der Waals surface area contributed by atoms with Crippen LogP contribution in [0.25, 0.3) is 0 Å². The van der Waals surface area contributed by atoms with E-state index < -0.39 is 0 Å². The van der Waals surface area contributed by atoms with E-state index in [-0.39, 0.29) is 11.7 Å². The van der Waals surface area contributed by atoms with Crippen molar-refractivity contribution in [3.8, 4) is 5.75 Å². The van der Waals surface area contributed by atoms with Crippen molar-refractivity contribution < 1.29 is 9.13 Å². The summed E-state index contributed by atoms with van der Waals surface area (Å²) in [7, 11) is 2.13. The second-order valence-electron chi connectivity index (χ2n) is 5.50. The molecule has 2 N–H and O–H groups in total. The van der Waals surface area contributed by atoms with Gasteiger partial charge in [0.25, 0.3) is 0 Å². The Bertz CT molecular complexity index is 438. The van der Waals surface area contributed by atoms with Crippen LogP contribution in [0.3, 0.4) is 0 Å². The third kappa shape index (κ3) is 3.30. The van der Waals surface area contributed by atoms with Gasteiger partial charge in [0, 0.05) is 24.1 Å². The molecule has 0 bridgehead atoms. The molecule has 0 aliphatic carbocycles. The summed E-state index contributed by atoms with van der Waals surface area (Å²) in [5, 5.41) is 0. The molecule has 1 aromatic carbocycles. The number of ether oxygens (including phenoxy) is 1. The van der Waals surface area contributed by atoms with Crippen molar-refractivity contribution in [2.45, 2.75) is 38.1 Å². The number of likely N-dealkylation sites (tertiary alicyclic amines) is 1. The minimum atomic E-state index is -0.222. The van der Waals surface area contributed by atoms with E-state index in [1.165, 1.54) is 18.9 Å². The first kappa shape index (κ1) is 15.3. The second kappa shape index (κ2) is 7.04. The maximum Gasteiger partial charge on any atom is 0.123 e. The van der Waals surface area contributed by atoms with Crippen LogP contribution in [-0.2, 0) is 0 Å². The maximum absolute atomic E-state index is 13.6. The summed E-state index contributed by atoms with van der Waals surface area (Å²) in [4.78, 5) is 2.35. The van der Waals surface area contributed by atoms with Gasteiger partial charge >= 0.3 is 0 Å². The molecule has 1 aromatic rings. The third-order valence-electron chi connectivity index (χ3n) is 4.22. The minimum Gasteiger partial charge on any atom is -0.494 e. The van der Waals surface area contributed by atoms with E-state index in [0.29, 0.717) is 19.2 Å². The molecule has 4 heteroatoms. The molecule has 1 fully saturated rings. The fourth-order valence-electron chi connectivity index (χ4n) is 3.20. The van der Waals surface area contributed by atoms with Crippen molar-refractivity contribution in [1.29, 1.82) is 0 Å². The van der Waals surface area contributed by atoms with E-state index in [1.807, 2.05) is 6.92 Å². The van der Waals surface area contributed by atoms with Gasteiger partial charge < -0.3 is 15.4 Å². The molecular formula is C16H25FN2O. The average Bonchev–Trinajstić information content (AvgIpc) is 2.44. The quantitative estimate of drug-likeness (QED) is 0.901. The van der Waals surface area contributed by atoms with Crippen LogP contribution >= 0.6 is 0 Å². The topological polar surface area (TPSA) is 38.5 Å². The molecule has 0 spiro atoms. The van der Waals surface area contributed by atoms with Gasteiger partial charge in [-0.05, 0) is 51.6 Å². The molecule has 20 heavy (non-hydrogen) atoms. The summed E-state index contributed by atoms with van der Waals surface area (Å²) in [5.74, 6) is 0.668. The zero-order chi connectivity index (χ0) is 14.5. The lowest BCUT2D eigenvalue weighted by atomic mass is 9.85. The second-order valence-corrected chi connectivity index (χ2v) is 5.50. The predicted molar refractivity (Wildman–Crippen MR) is 79.6 cm³/mol. The first-order chi connectivity index (χ1) is 9.67. The molecular weight excluding hydrogens is 255 g/mol. The largest absolute Gasteiger partial charge is 0.494 e. The van der Waals surface area contributed by atoms with Crippen molar-refractivity contribution in [3.05, 3.63) is 29.6 Å². The summed E-state index contributed by atoms with van der Waals surface area (Å²) in [6.45, 7) is 4.12. The lowest BCUT2D eigenvalue weighted by Crippen LogP contribution is -2.43. The molecule has 112 valence electrons. The standard InChI is InChI=1S/C16H25FN2O/c1-3-20-16-8-7-12(17)10-13(16)14(11-18)15-6-4-5-9-19(15)2/h7-8,10,14-15H,3-6,9,11,18H2,1-2H3. The number of rotatable bonds is 5. The molecule has 1 aliphatic heterocycles. The van der Waals surface area contributed by atoms with Crippen LogP contribution in [0.1, 0.15) is 37.7 Å². The van der Waals surface area contributed by atoms with Gasteiger partial charge in [0.15, 0.2) is 0 Å². The van der Waals surface area contributed by atoms with Crippen LogP contribution in [0.2, 0.25) is 0 Å². The predicted octanol–water partition coefficient (Wildman–Crippen LogP) is 2.75. The van der Waals surface area contributed by atoms with Gasteiger partial charge in [-0.1, -0.05) is 6.42 Å². The van der Waals surface area contributed by atoms with Gasteiger partial charge in [-0.3, -0.25) is 0 Å². The summed E-state index contributed by atoms with van der Waals surface area (Å²) in [6.07, 6.45) is 3.55. The summed E-state index contributed by atoms with van der Waals surface area (Å²) < 4.78 is 19.3. The Hall–Kier alpha value is -1.13. The molecule has 1 aliphatic rings. The number of hydrogen-bond donors (Lipinski definition) is 1. The van der Waals surface area contributed by atoms with E-state index in [9.17, 15) is 4.39 Å². The average molecular weight is 280 g/mol. The highest BCUT2D eigenvalue weighted by Gasteiger charge is 2.30. The lowest BCUT2D eigenvalue weighted by Gasteiger charge is -2.38. The molecule has 3 nitrogen and oxygen atoms in total. The molecule has 2 rings (SSSR count). The monoisotopic (exact) mass is 280 g/mol. The Morgan fingerprint density at radius 3 is 2.90 bits per heavy atom. The van der Waals surface area contributed by atoms with Crippen LogP contribution in [0.4, 0.5) is 4.39 Å². The van der Waals surface area contributed by atoms with Gasteiger partial charge in [-0.2, -0.15) is 0 Å². The van der Waals surface area contributed by atoms with E-state index in [0.717, 1.165) is 24.3 Å². The third-order valence-corrected chi connectivity index (χ3v) is 4.22. The summed E-state index contributed by atoms with van der Waals surface area (Å²) >= 11 is 0. The Labute approximate surface area is 120 Å². The van der Waals surface area contributed by atoms with Gasteiger partial charge in [0.1, 0.15) is 11.6 Å². The molecule has 2 atom stereocenters. The number of nitrogens with zero attached hydrogens (tertiary/aromatic N) is 1. The smallest absolute Gasteiger partial charge is 0.123 e. The highest BCUT2D eigenvalue weighted by Crippen LogP contribution is 2.34. The van der Waals surface area contributed by atoms with E-state index in [1.54, 1.807) is 12.1 Å². The van der Waals surface area contributed by atoms with E-state index in [2.05, 4.69) is 11.9 Å². The maximum atomic E-state index is 13.6. The molecule has 0 saturated carbocycles. The SMILES string of the molecule is CCOc1ccc(F)cc1C(CN)C1CCCCN1C. The van der Waals surface area contributed by atoms with Crippen molar-refractivity contribution in [2.24, 2.45) is 5.73 Å². The van der Waals surface area contributed by atoms with Crippen molar-refractivity contribution in [2.75, 3.05) is 26.7 Å². The lowest BCUT2D eigenvalue weighted by molar-refractivity contribution is 0.158. The fraction of sp³-hybridized carbons (Fsp3) is 0.625. The molecule has 0 aromatic heterocycles. The molecule has 2 unspecified atom stereocenters. The number of nitrogens with two attached hydrogens (primary N) is 1. The fourth-order valence-corrected chi connectivity index (χ4v) is 3.20. The highest BCUT2D eigenvalue weighted by molar-refractivity contribution is 5.38. The van der Waals surface area contributed by atoms with Crippen LogP contribution in [0.15, 0.2) is 18.2 Å². The summed E-state index contributed by atoms with van der Waals surface area (Å²) in [5.41, 5.74) is 6.92. The highest BCUT2D eigenvalue weighted by atomic mass is 19.1. The number of halogens is 1. The number of hydrogen-bond acceptors (Lipinski definition) is 3. The number of piperidine rings is 1. The van der Waals surface area contributed by atoms with Crippen molar-refractivity contribution in [1.82, 2.24) is 4.90 Å². The molecule has 0 amide bonds. The van der Waals surface area contributed by atoms with Crippen LogP contribution in [0.5, 0.6) is 5.75 Å². The Kier molecular flexibility index (Phi) is 5.38. The molecule has 0 radical (unpaired) electrons. The van der Waals surface area contributed by atoms with Gasteiger partial charge in [0.2, 0.25) is 0 Å². The number of benzene rings is 1. The molecule has 1 heterocycles.